The lowest BCUT2D eigenvalue weighted by atomic mass is 9.83. The lowest BCUT2D eigenvalue weighted by Crippen LogP contribution is -2.44. The molecule has 3 aromatic rings. The molecule has 3 heterocycles. The van der Waals surface area contributed by atoms with Crippen LogP contribution in [0, 0.1) is 28.9 Å². The van der Waals surface area contributed by atoms with Crippen LogP contribution in [0.4, 0.5) is 11.4 Å². The average Bonchev–Trinajstić information content (AvgIpc) is 3.40. The third-order valence-corrected chi connectivity index (χ3v) is 7.74. The summed E-state index contributed by atoms with van der Waals surface area (Å²) in [5, 5.41) is 11.2. The van der Waals surface area contributed by atoms with E-state index in [0.29, 0.717) is 22.6 Å². The Balaban J connectivity index is 1.47. The van der Waals surface area contributed by atoms with E-state index >= 15 is 0 Å². The van der Waals surface area contributed by atoms with Crippen molar-refractivity contribution in [1.82, 2.24) is 4.90 Å². The highest BCUT2D eigenvalue weighted by atomic mass is 16.6. The highest BCUT2D eigenvalue weighted by Gasteiger charge is 2.64. The van der Waals surface area contributed by atoms with Gasteiger partial charge in [0.2, 0.25) is 11.8 Å². The van der Waals surface area contributed by atoms with Crippen LogP contribution in [0.1, 0.15) is 33.1 Å². The SMILES string of the molecule is COc1ccc(C(=O)C2C3C(=O)N(c4ccc([N+](=O)[O-])cc4C)C(=O)C3C3c4ccccc4C=CN23)cc1. The Labute approximate surface area is 218 Å². The zero-order valence-electron chi connectivity index (χ0n) is 20.6. The molecule has 2 saturated heterocycles. The molecule has 3 aromatic carbocycles. The van der Waals surface area contributed by atoms with Crippen molar-refractivity contribution in [3.63, 3.8) is 0 Å². The lowest BCUT2D eigenvalue weighted by molar-refractivity contribution is -0.384. The van der Waals surface area contributed by atoms with Crippen molar-refractivity contribution in [3.05, 3.63) is 105 Å². The fourth-order valence-corrected chi connectivity index (χ4v) is 6.02. The standard InChI is InChI=1S/C29H23N3O6/c1-16-15-19(32(36)37)9-12-22(16)31-28(34)23-24(29(31)35)26(27(33)18-7-10-20(38-2)11-8-18)30-14-13-17-5-3-4-6-21(17)25(23)30/h3-15,23-26H,1-2H3. The van der Waals surface area contributed by atoms with Gasteiger partial charge < -0.3 is 9.64 Å². The average molecular weight is 510 g/mol. The molecule has 0 aromatic heterocycles. The normalized spacial score (nSPS) is 23.2. The number of anilines is 1. The first kappa shape index (κ1) is 23.6. The molecule has 4 atom stereocenters. The summed E-state index contributed by atoms with van der Waals surface area (Å²) in [7, 11) is 1.54. The summed E-state index contributed by atoms with van der Waals surface area (Å²) >= 11 is 0. The van der Waals surface area contributed by atoms with Crippen molar-refractivity contribution in [1.29, 1.82) is 0 Å². The number of benzene rings is 3. The van der Waals surface area contributed by atoms with Gasteiger partial charge in [-0.25, -0.2) is 4.90 Å². The van der Waals surface area contributed by atoms with Gasteiger partial charge in [-0.3, -0.25) is 24.5 Å². The van der Waals surface area contributed by atoms with Crippen molar-refractivity contribution in [2.45, 2.75) is 19.0 Å². The summed E-state index contributed by atoms with van der Waals surface area (Å²) in [6.45, 7) is 1.63. The van der Waals surface area contributed by atoms with Gasteiger partial charge in [0.05, 0.1) is 35.6 Å². The molecule has 9 nitrogen and oxygen atoms in total. The number of ketones is 1. The minimum atomic E-state index is -0.924. The molecule has 2 amide bonds. The first-order valence-electron chi connectivity index (χ1n) is 12.2. The van der Waals surface area contributed by atoms with Crippen LogP contribution in [0.5, 0.6) is 5.75 Å². The molecule has 0 spiro atoms. The Kier molecular flexibility index (Phi) is 5.37. The van der Waals surface area contributed by atoms with Crippen LogP contribution in [0.3, 0.4) is 0 Å². The van der Waals surface area contributed by atoms with Crippen LogP contribution in [0.15, 0.2) is 72.9 Å². The van der Waals surface area contributed by atoms with E-state index < -0.39 is 40.7 Å². The summed E-state index contributed by atoms with van der Waals surface area (Å²) in [5.74, 6) is -2.28. The number of nitrogens with zero attached hydrogens (tertiary/aromatic N) is 3. The molecule has 38 heavy (non-hydrogen) atoms. The van der Waals surface area contributed by atoms with E-state index in [0.717, 1.165) is 16.0 Å². The van der Waals surface area contributed by atoms with Gasteiger partial charge in [-0.05, 0) is 60.0 Å². The van der Waals surface area contributed by atoms with Crippen LogP contribution < -0.4 is 9.64 Å². The van der Waals surface area contributed by atoms with Crippen molar-refractivity contribution < 1.29 is 24.0 Å². The largest absolute Gasteiger partial charge is 0.497 e. The van der Waals surface area contributed by atoms with Gasteiger partial charge in [0, 0.05) is 23.9 Å². The number of aryl methyl sites for hydroxylation is 1. The number of carbonyl (C=O) groups excluding carboxylic acids is 3. The molecule has 190 valence electrons. The number of ether oxygens (including phenoxy) is 1. The van der Waals surface area contributed by atoms with Crippen LogP contribution in [0.2, 0.25) is 0 Å². The van der Waals surface area contributed by atoms with E-state index in [-0.39, 0.29) is 11.5 Å². The van der Waals surface area contributed by atoms with Gasteiger partial charge in [-0.2, -0.15) is 0 Å². The topological polar surface area (TPSA) is 110 Å². The number of non-ortho nitro benzene ring substituents is 1. The number of methoxy groups -OCH3 is 1. The number of rotatable bonds is 5. The Morgan fingerprint density at radius 2 is 1.68 bits per heavy atom. The minimum absolute atomic E-state index is 0.129. The molecule has 4 unspecified atom stereocenters. The van der Waals surface area contributed by atoms with Crippen molar-refractivity contribution in [2.24, 2.45) is 11.8 Å². The van der Waals surface area contributed by atoms with Gasteiger partial charge in [-0.1, -0.05) is 24.3 Å². The Morgan fingerprint density at radius 3 is 2.37 bits per heavy atom. The predicted octanol–water partition coefficient (Wildman–Crippen LogP) is 4.31. The van der Waals surface area contributed by atoms with Crippen molar-refractivity contribution in [3.8, 4) is 5.75 Å². The van der Waals surface area contributed by atoms with E-state index in [1.165, 1.54) is 25.3 Å². The highest BCUT2D eigenvalue weighted by molar-refractivity contribution is 6.25. The number of carbonyl (C=O) groups is 3. The first-order valence-corrected chi connectivity index (χ1v) is 12.2. The Morgan fingerprint density at radius 1 is 0.974 bits per heavy atom. The number of fused-ring (bicyclic) bond motifs is 5. The summed E-state index contributed by atoms with van der Waals surface area (Å²) in [4.78, 5) is 55.7. The van der Waals surface area contributed by atoms with Gasteiger partial charge in [-0.15, -0.1) is 0 Å². The van der Waals surface area contributed by atoms with Gasteiger partial charge in [0.15, 0.2) is 5.78 Å². The maximum Gasteiger partial charge on any atom is 0.269 e. The molecular formula is C29H23N3O6. The molecule has 9 heteroatoms. The third kappa shape index (κ3) is 3.35. The summed E-state index contributed by atoms with van der Waals surface area (Å²) < 4.78 is 5.22. The van der Waals surface area contributed by atoms with Gasteiger partial charge >= 0.3 is 0 Å². The molecule has 0 aliphatic carbocycles. The summed E-state index contributed by atoms with van der Waals surface area (Å²) in [6.07, 6.45) is 3.70. The van der Waals surface area contributed by atoms with Gasteiger partial charge in [0.1, 0.15) is 11.8 Å². The van der Waals surface area contributed by atoms with Crippen molar-refractivity contribution >= 4 is 35.0 Å². The zero-order valence-corrected chi connectivity index (χ0v) is 20.6. The Hall–Kier alpha value is -4.79. The second-order valence-corrected chi connectivity index (χ2v) is 9.67. The molecule has 3 aliphatic heterocycles. The summed E-state index contributed by atoms with van der Waals surface area (Å²) in [6, 6.07) is 17.0. The number of Topliss-reactive ketones (excluding diaryl/α,β-unsaturated/α-hetero) is 1. The van der Waals surface area contributed by atoms with Crippen LogP contribution in [-0.4, -0.2) is 40.6 Å². The highest BCUT2D eigenvalue weighted by Crippen LogP contribution is 2.54. The van der Waals surface area contributed by atoms with E-state index in [2.05, 4.69) is 0 Å². The van der Waals surface area contributed by atoms with Crippen LogP contribution >= 0.6 is 0 Å². The molecule has 0 bridgehead atoms. The smallest absolute Gasteiger partial charge is 0.269 e. The predicted molar refractivity (Wildman–Crippen MR) is 138 cm³/mol. The van der Waals surface area contributed by atoms with E-state index in [1.807, 2.05) is 35.2 Å². The molecule has 0 radical (unpaired) electrons. The fourth-order valence-electron chi connectivity index (χ4n) is 6.02. The number of nitro groups is 1. The molecular weight excluding hydrogens is 486 g/mol. The maximum atomic E-state index is 14.0. The minimum Gasteiger partial charge on any atom is -0.497 e. The zero-order chi connectivity index (χ0) is 26.7. The number of nitro benzene ring substituents is 1. The van der Waals surface area contributed by atoms with Crippen LogP contribution in [0.25, 0.3) is 6.08 Å². The lowest BCUT2D eigenvalue weighted by Gasteiger charge is -2.35. The van der Waals surface area contributed by atoms with E-state index in [9.17, 15) is 24.5 Å². The number of amides is 2. The fraction of sp³-hybridized carbons (Fsp3) is 0.207. The maximum absolute atomic E-state index is 14.0. The molecule has 6 rings (SSSR count). The van der Waals surface area contributed by atoms with E-state index in [1.54, 1.807) is 37.4 Å². The molecule has 0 N–H and O–H groups in total. The third-order valence-electron chi connectivity index (χ3n) is 7.74. The Bertz CT molecular complexity index is 1550. The van der Waals surface area contributed by atoms with Crippen LogP contribution in [-0.2, 0) is 9.59 Å². The summed E-state index contributed by atoms with van der Waals surface area (Å²) in [5.41, 5.74) is 2.80. The molecule has 3 aliphatic rings. The number of imide groups is 1. The molecule has 2 fully saturated rings. The van der Waals surface area contributed by atoms with Crippen molar-refractivity contribution in [2.75, 3.05) is 12.0 Å². The first-order chi connectivity index (χ1) is 18.3. The second-order valence-electron chi connectivity index (χ2n) is 9.67. The molecule has 0 saturated carbocycles. The van der Waals surface area contributed by atoms with E-state index in [4.69, 9.17) is 4.74 Å². The second kappa shape index (κ2) is 8.65. The number of hydrogen-bond donors (Lipinski definition) is 0. The quantitative estimate of drug-likeness (QED) is 0.218. The van der Waals surface area contributed by atoms with Gasteiger partial charge in [0.25, 0.3) is 5.69 Å². The number of hydrogen-bond acceptors (Lipinski definition) is 7. The monoisotopic (exact) mass is 509 g/mol.